The van der Waals surface area contributed by atoms with E-state index in [1.54, 1.807) is 0 Å². The number of hydrogen-bond donors (Lipinski definition) is 0. The molecule has 0 N–H and O–H groups in total. The van der Waals surface area contributed by atoms with Gasteiger partial charge in [-0.1, -0.05) is 54.6 Å². The lowest BCUT2D eigenvalue weighted by Gasteiger charge is -2.34. The van der Waals surface area contributed by atoms with Crippen LogP contribution in [0.25, 0.3) is 0 Å². The molecule has 1 aliphatic carbocycles. The molecular formula is C19H21NO. The van der Waals surface area contributed by atoms with Gasteiger partial charge in [-0.25, -0.2) is 0 Å². The molecule has 0 heterocycles. The minimum absolute atomic E-state index is 0.0392. The van der Waals surface area contributed by atoms with Gasteiger partial charge in [0.25, 0.3) is 0 Å². The fourth-order valence-electron chi connectivity index (χ4n) is 3.46. The molecule has 2 heteroatoms. The number of ketones is 1. The first kappa shape index (κ1) is 14.0. The zero-order valence-electron chi connectivity index (χ0n) is 12.6. The van der Waals surface area contributed by atoms with E-state index in [9.17, 15) is 4.79 Å². The molecule has 2 nitrogen and oxygen atoms in total. The summed E-state index contributed by atoms with van der Waals surface area (Å²) in [5, 5.41) is 0. The third-order valence-corrected chi connectivity index (χ3v) is 4.42. The van der Waals surface area contributed by atoms with Crippen LogP contribution in [0.1, 0.15) is 33.9 Å². The third-order valence-electron chi connectivity index (χ3n) is 4.42. The van der Waals surface area contributed by atoms with Crippen LogP contribution >= 0.6 is 0 Å². The molecule has 3 rings (SSSR count). The molecule has 0 bridgehead atoms. The number of rotatable bonds is 3. The summed E-state index contributed by atoms with van der Waals surface area (Å²) in [5.74, 6) is 0.330. The highest BCUT2D eigenvalue weighted by molar-refractivity contribution is 6.00. The average molecular weight is 279 g/mol. The Labute approximate surface area is 126 Å². The van der Waals surface area contributed by atoms with E-state index in [4.69, 9.17) is 0 Å². The quantitative estimate of drug-likeness (QED) is 0.853. The van der Waals surface area contributed by atoms with Crippen molar-refractivity contribution in [2.75, 3.05) is 14.1 Å². The molecule has 2 aromatic carbocycles. The normalized spacial score (nSPS) is 19.4. The molecule has 2 atom stereocenters. The highest BCUT2D eigenvalue weighted by Crippen LogP contribution is 2.36. The first-order valence-corrected chi connectivity index (χ1v) is 7.52. The van der Waals surface area contributed by atoms with Crippen molar-refractivity contribution >= 4 is 5.78 Å². The zero-order valence-corrected chi connectivity index (χ0v) is 12.6. The van der Waals surface area contributed by atoms with Gasteiger partial charge in [0.1, 0.15) is 0 Å². The van der Waals surface area contributed by atoms with Gasteiger partial charge in [0.15, 0.2) is 5.78 Å². The van der Waals surface area contributed by atoms with Crippen molar-refractivity contribution in [1.82, 2.24) is 4.90 Å². The molecule has 0 spiro atoms. The smallest absolute Gasteiger partial charge is 0.168 e. The molecule has 1 aliphatic rings. The van der Waals surface area contributed by atoms with E-state index in [1.165, 1.54) is 11.1 Å². The van der Waals surface area contributed by atoms with Gasteiger partial charge in [0.2, 0.25) is 0 Å². The number of hydrogen-bond acceptors (Lipinski definition) is 2. The molecule has 0 saturated carbocycles. The van der Waals surface area contributed by atoms with Crippen molar-refractivity contribution in [3.63, 3.8) is 0 Å². The van der Waals surface area contributed by atoms with Crippen molar-refractivity contribution in [3.05, 3.63) is 71.3 Å². The molecule has 21 heavy (non-hydrogen) atoms. The largest absolute Gasteiger partial charge is 0.302 e. The van der Waals surface area contributed by atoms with Crippen molar-refractivity contribution in [2.24, 2.45) is 5.92 Å². The summed E-state index contributed by atoms with van der Waals surface area (Å²) in [7, 11) is 4.12. The van der Waals surface area contributed by atoms with Gasteiger partial charge < -0.3 is 4.90 Å². The van der Waals surface area contributed by atoms with Crippen LogP contribution in [-0.4, -0.2) is 24.8 Å². The minimum Gasteiger partial charge on any atom is -0.302 e. The Balaban J connectivity index is 1.97. The van der Waals surface area contributed by atoms with Crippen LogP contribution in [0.4, 0.5) is 0 Å². The van der Waals surface area contributed by atoms with Crippen LogP contribution in [0.15, 0.2) is 54.6 Å². The van der Waals surface area contributed by atoms with Gasteiger partial charge in [0, 0.05) is 17.5 Å². The monoisotopic (exact) mass is 279 g/mol. The maximum absolute atomic E-state index is 12.9. The molecule has 0 aromatic heterocycles. The van der Waals surface area contributed by atoms with E-state index in [1.807, 2.05) is 36.4 Å². The number of carbonyl (C=O) groups excluding carboxylic acids is 1. The zero-order chi connectivity index (χ0) is 14.8. The van der Waals surface area contributed by atoms with Crippen LogP contribution in [0.2, 0.25) is 0 Å². The second kappa shape index (κ2) is 5.82. The van der Waals surface area contributed by atoms with E-state index in [-0.39, 0.29) is 12.0 Å². The number of Topliss-reactive ketones (excluding diaryl/α,β-unsaturated/α-hetero) is 1. The fraction of sp³-hybridized carbons (Fsp3) is 0.316. The Hall–Kier alpha value is -1.93. The summed E-state index contributed by atoms with van der Waals surface area (Å²) >= 11 is 0. The van der Waals surface area contributed by atoms with Crippen LogP contribution in [0, 0.1) is 5.92 Å². The second-order valence-corrected chi connectivity index (χ2v) is 5.99. The Morgan fingerprint density at radius 3 is 2.38 bits per heavy atom. The molecule has 0 radical (unpaired) electrons. The van der Waals surface area contributed by atoms with Crippen LogP contribution in [-0.2, 0) is 6.42 Å². The van der Waals surface area contributed by atoms with Gasteiger partial charge in [-0.2, -0.15) is 0 Å². The number of benzene rings is 2. The molecule has 0 saturated heterocycles. The third kappa shape index (κ3) is 2.64. The maximum atomic E-state index is 12.9. The molecule has 108 valence electrons. The van der Waals surface area contributed by atoms with Gasteiger partial charge in [-0.05, 0) is 38.1 Å². The van der Waals surface area contributed by atoms with Gasteiger partial charge in [-0.15, -0.1) is 0 Å². The Bertz CT molecular complexity index is 633. The Morgan fingerprint density at radius 2 is 1.67 bits per heavy atom. The fourth-order valence-corrected chi connectivity index (χ4v) is 3.46. The average Bonchev–Trinajstić information content (AvgIpc) is 2.51. The van der Waals surface area contributed by atoms with E-state index in [2.05, 4.69) is 37.2 Å². The van der Waals surface area contributed by atoms with Gasteiger partial charge >= 0.3 is 0 Å². The molecule has 2 aromatic rings. The summed E-state index contributed by atoms with van der Waals surface area (Å²) < 4.78 is 0. The van der Waals surface area contributed by atoms with Crippen molar-refractivity contribution in [2.45, 2.75) is 18.9 Å². The highest BCUT2D eigenvalue weighted by Gasteiger charge is 2.35. The second-order valence-electron chi connectivity index (χ2n) is 5.99. The Morgan fingerprint density at radius 1 is 1.00 bits per heavy atom. The summed E-state index contributed by atoms with van der Waals surface area (Å²) in [6, 6.07) is 18.6. The lowest BCUT2D eigenvalue weighted by Crippen LogP contribution is -2.35. The predicted molar refractivity (Wildman–Crippen MR) is 85.5 cm³/mol. The van der Waals surface area contributed by atoms with Crippen LogP contribution < -0.4 is 0 Å². The van der Waals surface area contributed by atoms with E-state index < -0.39 is 0 Å². The lowest BCUT2D eigenvalue weighted by atomic mass is 9.76. The predicted octanol–water partition coefficient (Wildman–Crippen LogP) is 3.73. The van der Waals surface area contributed by atoms with Gasteiger partial charge in [-0.3, -0.25) is 4.79 Å². The summed E-state index contributed by atoms with van der Waals surface area (Å²) in [5.41, 5.74) is 3.33. The first-order valence-electron chi connectivity index (χ1n) is 7.52. The Kier molecular flexibility index (Phi) is 3.89. The SMILES string of the molecule is CN(C)[C@@H](c1ccccc1)[C@@H]1CCc2ccccc2C1=O. The summed E-state index contributed by atoms with van der Waals surface area (Å²) in [6.07, 6.45) is 1.91. The summed E-state index contributed by atoms with van der Waals surface area (Å²) in [6.45, 7) is 0. The standard InChI is InChI=1S/C19H21NO/c1-20(2)18(15-9-4-3-5-10-15)17-13-12-14-8-6-7-11-16(14)19(17)21/h3-11,17-18H,12-13H2,1-2H3/t17-,18-/m0/s1. The minimum atomic E-state index is 0.0392. The van der Waals surface area contributed by atoms with Crippen molar-refractivity contribution < 1.29 is 4.79 Å². The summed E-state index contributed by atoms with van der Waals surface area (Å²) in [4.78, 5) is 15.1. The van der Waals surface area contributed by atoms with Gasteiger partial charge in [0.05, 0.1) is 0 Å². The maximum Gasteiger partial charge on any atom is 0.168 e. The topological polar surface area (TPSA) is 20.3 Å². The van der Waals surface area contributed by atoms with Crippen molar-refractivity contribution in [3.8, 4) is 0 Å². The molecule has 0 unspecified atom stereocenters. The van der Waals surface area contributed by atoms with E-state index >= 15 is 0 Å². The number of carbonyl (C=O) groups is 1. The molecule has 0 amide bonds. The van der Waals surface area contributed by atoms with E-state index in [0.29, 0.717) is 5.78 Å². The van der Waals surface area contributed by atoms with E-state index in [0.717, 1.165) is 18.4 Å². The highest BCUT2D eigenvalue weighted by atomic mass is 16.1. The lowest BCUT2D eigenvalue weighted by molar-refractivity contribution is 0.0804. The number of nitrogens with zero attached hydrogens (tertiary/aromatic N) is 1. The molecular weight excluding hydrogens is 258 g/mol. The van der Waals surface area contributed by atoms with Crippen LogP contribution in [0.3, 0.4) is 0 Å². The van der Waals surface area contributed by atoms with Crippen molar-refractivity contribution in [1.29, 1.82) is 0 Å². The first-order chi connectivity index (χ1) is 10.2. The molecule has 0 aliphatic heterocycles. The molecule has 0 fully saturated rings. The number of fused-ring (bicyclic) bond motifs is 1. The van der Waals surface area contributed by atoms with Crippen LogP contribution in [0.5, 0.6) is 0 Å². The number of aryl methyl sites for hydroxylation is 1.